The standard InChI is InChI=1S/C18H19ClN2O3/c1-11-6-4-5-7-13(11)18(23)20-10-17(22)21-15-8-12(2)14(19)9-16(15)24-3/h4-9H,10H2,1-3H3,(H,20,23)(H,21,22). The number of halogens is 1. The molecule has 0 fully saturated rings. The van der Waals surface area contributed by atoms with Crippen LogP contribution >= 0.6 is 11.6 Å². The molecule has 0 radical (unpaired) electrons. The maximum atomic E-state index is 12.1. The summed E-state index contributed by atoms with van der Waals surface area (Å²) in [6, 6.07) is 10.6. The third kappa shape index (κ3) is 4.26. The Morgan fingerprint density at radius 2 is 1.83 bits per heavy atom. The minimum Gasteiger partial charge on any atom is -0.495 e. The molecule has 0 aromatic heterocycles. The Kier molecular flexibility index (Phi) is 5.82. The molecule has 0 atom stereocenters. The molecule has 0 heterocycles. The highest BCUT2D eigenvalue weighted by molar-refractivity contribution is 6.31. The van der Waals surface area contributed by atoms with Gasteiger partial charge in [0.1, 0.15) is 5.75 Å². The summed E-state index contributed by atoms with van der Waals surface area (Å²) in [7, 11) is 1.50. The van der Waals surface area contributed by atoms with Crippen LogP contribution in [0.15, 0.2) is 36.4 Å². The Hall–Kier alpha value is -2.53. The number of hydrogen-bond donors (Lipinski definition) is 2. The Morgan fingerprint density at radius 3 is 2.50 bits per heavy atom. The Labute approximate surface area is 146 Å². The van der Waals surface area contributed by atoms with E-state index in [0.717, 1.165) is 11.1 Å². The van der Waals surface area contributed by atoms with Crippen LogP contribution in [-0.4, -0.2) is 25.5 Å². The van der Waals surface area contributed by atoms with Gasteiger partial charge >= 0.3 is 0 Å². The number of hydrogen-bond acceptors (Lipinski definition) is 3. The van der Waals surface area contributed by atoms with Gasteiger partial charge in [-0.2, -0.15) is 0 Å². The van der Waals surface area contributed by atoms with Crippen molar-refractivity contribution >= 4 is 29.1 Å². The number of aryl methyl sites for hydroxylation is 2. The number of methoxy groups -OCH3 is 1. The van der Waals surface area contributed by atoms with Gasteiger partial charge in [0.25, 0.3) is 5.91 Å². The molecular formula is C18H19ClN2O3. The zero-order chi connectivity index (χ0) is 17.7. The molecule has 2 amide bonds. The van der Waals surface area contributed by atoms with E-state index in [-0.39, 0.29) is 18.4 Å². The van der Waals surface area contributed by atoms with Gasteiger partial charge < -0.3 is 15.4 Å². The molecule has 2 aromatic rings. The molecule has 0 unspecified atom stereocenters. The maximum absolute atomic E-state index is 12.1. The summed E-state index contributed by atoms with van der Waals surface area (Å²) in [4.78, 5) is 24.2. The van der Waals surface area contributed by atoms with E-state index < -0.39 is 0 Å². The van der Waals surface area contributed by atoms with Gasteiger partial charge in [-0.15, -0.1) is 0 Å². The van der Waals surface area contributed by atoms with Gasteiger partial charge in [-0.3, -0.25) is 9.59 Å². The molecule has 2 N–H and O–H groups in total. The average molecular weight is 347 g/mol. The van der Waals surface area contributed by atoms with Crippen LogP contribution in [0.3, 0.4) is 0 Å². The molecule has 5 nitrogen and oxygen atoms in total. The molecule has 2 aromatic carbocycles. The molecule has 0 aliphatic heterocycles. The van der Waals surface area contributed by atoms with Crippen molar-refractivity contribution in [2.75, 3.05) is 19.0 Å². The van der Waals surface area contributed by atoms with Crippen molar-refractivity contribution < 1.29 is 14.3 Å². The number of ether oxygens (including phenoxy) is 1. The third-order valence-electron chi connectivity index (χ3n) is 3.55. The molecule has 0 saturated heterocycles. The number of carbonyl (C=O) groups excluding carboxylic acids is 2. The lowest BCUT2D eigenvalue weighted by atomic mass is 10.1. The predicted octanol–water partition coefficient (Wildman–Crippen LogP) is 3.33. The van der Waals surface area contributed by atoms with Crippen molar-refractivity contribution in [2.45, 2.75) is 13.8 Å². The van der Waals surface area contributed by atoms with Crippen molar-refractivity contribution in [2.24, 2.45) is 0 Å². The largest absolute Gasteiger partial charge is 0.495 e. The van der Waals surface area contributed by atoms with Crippen LogP contribution in [0.25, 0.3) is 0 Å². The van der Waals surface area contributed by atoms with E-state index in [4.69, 9.17) is 16.3 Å². The average Bonchev–Trinajstić information content (AvgIpc) is 2.56. The number of carbonyl (C=O) groups is 2. The zero-order valence-corrected chi connectivity index (χ0v) is 14.5. The smallest absolute Gasteiger partial charge is 0.251 e. The van der Waals surface area contributed by atoms with E-state index in [0.29, 0.717) is 22.0 Å². The molecule has 6 heteroatoms. The fraction of sp³-hybridized carbons (Fsp3) is 0.222. The number of amides is 2. The van der Waals surface area contributed by atoms with E-state index in [1.165, 1.54) is 7.11 Å². The molecule has 126 valence electrons. The van der Waals surface area contributed by atoms with Crippen LogP contribution in [0, 0.1) is 13.8 Å². The lowest BCUT2D eigenvalue weighted by Gasteiger charge is -2.13. The fourth-order valence-electron chi connectivity index (χ4n) is 2.21. The van der Waals surface area contributed by atoms with Crippen molar-refractivity contribution in [3.8, 4) is 5.75 Å². The Bertz CT molecular complexity index is 775. The SMILES string of the molecule is COc1cc(Cl)c(C)cc1NC(=O)CNC(=O)c1ccccc1C. The van der Waals surface area contributed by atoms with E-state index in [1.807, 2.05) is 26.0 Å². The van der Waals surface area contributed by atoms with Crippen molar-refractivity contribution in [3.63, 3.8) is 0 Å². The first kappa shape index (κ1) is 17.8. The lowest BCUT2D eigenvalue weighted by molar-refractivity contribution is -0.115. The first-order valence-corrected chi connectivity index (χ1v) is 7.78. The molecule has 0 spiro atoms. The zero-order valence-electron chi connectivity index (χ0n) is 13.8. The van der Waals surface area contributed by atoms with E-state index in [9.17, 15) is 9.59 Å². The van der Waals surface area contributed by atoms with Crippen LogP contribution in [0.5, 0.6) is 5.75 Å². The van der Waals surface area contributed by atoms with Crippen molar-refractivity contribution in [3.05, 3.63) is 58.1 Å². The molecule has 0 bridgehead atoms. The number of nitrogens with one attached hydrogen (secondary N) is 2. The maximum Gasteiger partial charge on any atom is 0.251 e. The van der Waals surface area contributed by atoms with Gasteiger partial charge in [0.2, 0.25) is 5.91 Å². The minimum atomic E-state index is -0.350. The van der Waals surface area contributed by atoms with Crippen LogP contribution in [0.2, 0.25) is 5.02 Å². The van der Waals surface area contributed by atoms with E-state index in [1.54, 1.807) is 24.3 Å². The van der Waals surface area contributed by atoms with Gasteiger partial charge in [-0.25, -0.2) is 0 Å². The normalized spacial score (nSPS) is 10.2. The molecule has 0 aliphatic rings. The molecule has 24 heavy (non-hydrogen) atoms. The first-order chi connectivity index (χ1) is 11.4. The number of benzene rings is 2. The van der Waals surface area contributed by atoms with Gasteiger partial charge in [0.15, 0.2) is 0 Å². The Balaban J connectivity index is 2.00. The van der Waals surface area contributed by atoms with Crippen LogP contribution in [0.1, 0.15) is 21.5 Å². The second-order valence-electron chi connectivity index (χ2n) is 5.35. The van der Waals surface area contributed by atoms with Crippen molar-refractivity contribution in [1.29, 1.82) is 0 Å². The van der Waals surface area contributed by atoms with E-state index >= 15 is 0 Å². The summed E-state index contributed by atoms with van der Waals surface area (Å²) in [6.07, 6.45) is 0. The summed E-state index contributed by atoms with van der Waals surface area (Å²) in [5, 5.41) is 5.87. The molecular weight excluding hydrogens is 328 g/mol. The summed E-state index contributed by atoms with van der Waals surface area (Å²) in [5.74, 6) is -0.177. The van der Waals surface area contributed by atoms with Gasteiger partial charge in [-0.05, 0) is 37.1 Å². The minimum absolute atomic E-state index is 0.141. The van der Waals surface area contributed by atoms with Crippen LogP contribution in [-0.2, 0) is 4.79 Å². The molecule has 2 rings (SSSR count). The van der Waals surface area contributed by atoms with Crippen LogP contribution < -0.4 is 15.4 Å². The highest BCUT2D eigenvalue weighted by Crippen LogP contribution is 2.30. The number of rotatable bonds is 5. The summed E-state index contributed by atoms with van der Waals surface area (Å²) >= 11 is 6.04. The van der Waals surface area contributed by atoms with Gasteiger partial charge in [-0.1, -0.05) is 29.8 Å². The monoisotopic (exact) mass is 346 g/mol. The van der Waals surface area contributed by atoms with Gasteiger partial charge in [0, 0.05) is 16.7 Å². The van der Waals surface area contributed by atoms with E-state index in [2.05, 4.69) is 10.6 Å². The summed E-state index contributed by atoms with van der Waals surface area (Å²) in [6.45, 7) is 3.53. The van der Waals surface area contributed by atoms with Crippen LogP contribution in [0.4, 0.5) is 5.69 Å². The van der Waals surface area contributed by atoms with Crippen molar-refractivity contribution in [1.82, 2.24) is 5.32 Å². The highest BCUT2D eigenvalue weighted by Gasteiger charge is 2.13. The van der Waals surface area contributed by atoms with Gasteiger partial charge in [0.05, 0.1) is 19.3 Å². The second kappa shape index (κ2) is 7.84. The quantitative estimate of drug-likeness (QED) is 0.872. The summed E-state index contributed by atoms with van der Waals surface area (Å²) < 4.78 is 5.21. The third-order valence-corrected chi connectivity index (χ3v) is 3.96. The lowest BCUT2D eigenvalue weighted by Crippen LogP contribution is -2.33. The predicted molar refractivity (Wildman–Crippen MR) is 94.9 cm³/mol. The number of anilines is 1. The fourth-order valence-corrected chi connectivity index (χ4v) is 2.36. The highest BCUT2D eigenvalue weighted by atomic mass is 35.5. The topological polar surface area (TPSA) is 67.4 Å². The second-order valence-corrected chi connectivity index (χ2v) is 5.75. The molecule has 0 aliphatic carbocycles. The Morgan fingerprint density at radius 1 is 1.12 bits per heavy atom. The molecule has 0 saturated carbocycles. The first-order valence-electron chi connectivity index (χ1n) is 7.40. The summed E-state index contributed by atoms with van der Waals surface area (Å²) in [5.41, 5.74) is 2.72.